The number of nitrogens with one attached hydrogen (secondary N) is 2. The van der Waals surface area contributed by atoms with Gasteiger partial charge in [-0.25, -0.2) is 9.18 Å². The molecule has 0 atom stereocenters. The van der Waals surface area contributed by atoms with E-state index in [-0.39, 0.29) is 43.5 Å². The molecule has 0 radical (unpaired) electrons. The van der Waals surface area contributed by atoms with Crippen LogP contribution in [-0.2, 0) is 22.6 Å². The molecular weight excluding hydrogens is 399 g/mol. The van der Waals surface area contributed by atoms with Gasteiger partial charge in [-0.3, -0.25) is 4.79 Å². The highest BCUT2D eigenvalue weighted by Crippen LogP contribution is 2.25. The van der Waals surface area contributed by atoms with Crippen molar-refractivity contribution < 1.29 is 18.7 Å². The topological polar surface area (TPSA) is 73.9 Å². The van der Waals surface area contributed by atoms with Gasteiger partial charge in [0, 0.05) is 51.7 Å². The molecule has 0 heterocycles. The van der Waals surface area contributed by atoms with Crippen LogP contribution in [0.2, 0.25) is 0 Å². The molecular formula is C23H31FN4O3. The number of anilines is 2. The molecule has 8 heteroatoms. The zero-order valence-corrected chi connectivity index (χ0v) is 18.7. The lowest BCUT2D eigenvalue weighted by Gasteiger charge is -2.26. The molecule has 0 saturated heterocycles. The van der Waals surface area contributed by atoms with Gasteiger partial charge in [0.2, 0.25) is 5.91 Å². The number of ether oxygens (including phenoxy) is 1. The number of urea groups is 1. The smallest absolute Gasteiger partial charge is 0.319 e. The van der Waals surface area contributed by atoms with Gasteiger partial charge in [-0.2, -0.15) is 0 Å². The number of halogens is 1. The fraction of sp³-hybridized carbons (Fsp3) is 0.391. The Bertz CT molecular complexity index is 902. The van der Waals surface area contributed by atoms with Gasteiger partial charge in [-0.15, -0.1) is 0 Å². The first-order valence-electron chi connectivity index (χ1n) is 10.1. The molecule has 0 aromatic heterocycles. The summed E-state index contributed by atoms with van der Waals surface area (Å²) < 4.78 is 18.7. The van der Waals surface area contributed by atoms with E-state index in [0.29, 0.717) is 11.3 Å². The van der Waals surface area contributed by atoms with Crippen LogP contribution < -0.4 is 15.5 Å². The fourth-order valence-corrected chi connectivity index (χ4v) is 3.16. The Hall–Kier alpha value is -3.13. The molecule has 0 aliphatic heterocycles. The van der Waals surface area contributed by atoms with E-state index in [0.717, 1.165) is 11.3 Å². The van der Waals surface area contributed by atoms with E-state index in [1.165, 1.54) is 19.2 Å². The SMILES string of the molecule is COCC(=O)N(Cc1cccc(F)c1)Cc1cc(NC(=O)NC(C)C)ccc1N(C)C. The quantitative estimate of drug-likeness (QED) is 0.638. The Kier molecular flexibility index (Phi) is 8.81. The van der Waals surface area contributed by atoms with Gasteiger partial charge in [-0.1, -0.05) is 12.1 Å². The third kappa shape index (κ3) is 7.57. The van der Waals surface area contributed by atoms with Crippen LogP contribution in [0.3, 0.4) is 0 Å². The summed E-state index contributed by atoms with van der Waals surface area (Å²) in [5, 5.41) is 5.60. The maximum atomic E-state index is 13.6. The Labute approximate surface area is 183 Å². The highest BCUT2D eigenvalue weighted by atomic mass is 19.1. The molecule has 31 heavy (non-hydrogen) atoms. The number of carbonyl (C=O) groups is 2. The molecule has 2 rings (SSSR count). The van der Waals surface area contributed by atoms with Gasteiger partial charge in [-0.05, 0) is 55.3 Å². The van der Waals surface area contributed by atoms with Crippen LogP contribution in [-0.4, -0.2) is 50.7 Å². The zero-order valence-electron chi connectivity index (χ0n) is 18.7. The molecule has 0 spiro atoms. The zero-order chi connectivity index (χ0) is 23.0. The normalized spacial score (nSPS) is 10.7. The van der Waals surface area contributed by atoms with Crippen molar-refractivity contribution in [2.75, 3.05) is 38.0 Å². The van der Waals surface area contributed by atoms with Gasteiger partial charge in [0.1, 0.15) is 12.4 Å². The largest absolute Gasteiger partial charge is 0.377 e. The van der Waals surface area contributed by atoms with Gasteiger partial charge in [0.05, 0.1) is 0 Å². The van der Waals surface area contributed by atoms with E-state index < -0.39 is 0 Å². The predicted molar refractivity (Wildman–Crippen MR) is 121 cm³/mol. The Balaban J connectivity index is 2.32. The van der Waals surface area contributed by atoms with Crippen molar-refractivity contribution in [2.24, 2.45) is 0 Å². The van der Waals surface area contributed by atoms with Crippen LogP contribution in [0.5, 0.6) is 0 Å². The molecule has 2 aromatic carbocycles. The van der Waals surface area contributed by atoms with Gasteiger partial charge >= 0.3 is 6.03 Å². The first-order valence-corrected chi connectivity index (χ1v) is 10.1. The molecule has 0 aliphatic rings. The third-order valence-electron chi connectivity index (χ3n) is 4.48. The second-order valence-electron chi connectivity index (χ2n) is 7.80. The Morgan fingerprint density at radius 3 is 2.45 bits per heavy atom. The van der Waals surface area contributed by atoms with E-state index in [9.17, 15) is 14.0 Å². The lowest BCUT2D eigenvalue weighted by atomic mass is 10.1. The highest BCUT2D eigenvalue weighted by molar-refractivity contribution is 5.90. The first-order chi connectivity index (χ1) is 14.7. The minimum atomic E-state index is -0.354. The molecule has 0 saturated carbocycles. The summed E-state index contributed by atoms with van der Waals surface area (Å²) in [6, 6.07) is 11.4. The van der Waals surface area contributed by atoms with Crippen LogP contribution in [0.4, 0.5) is 20.6 Å². The average Bonchev–Trinajstić information content (AvgIpc) is 2.67. The molecule has 7 nitrogen and oxygen atoms in total. The molecule has 0 unspecified atom stereocenters. The average molecular weight is 431 g/mol. The number of hydrogen-bond donors (Lipinski definition) is 2. The summed E-state index contributed by atoms with van der Waals surface area (Å²) >= 11 is 0. The van der Waals surface area contributed by atoms with Crippen LogP contribution in [0, 0.1) is 5.82 Å². The van der Waals surface area contributed by atoms with Crippen molar-refractivity contribution in [2.45, 2.75) is 33.0 Å². The maximum Gasteiger partial charge on any atom is 0.319 e. The summed E-state index contributed by atoms with van der Waals surface area (Å²) in [5.74, 6) is -0.569. The number of benzene rings is 2. The van der Waals surface area contributed by atoms with Gasteiger partial charge in [0.15, 0.2) is 0 Å². The molecule has 0 fully saturated rings. The number of rotatable bonds is 9. The second-order valence-corrected chi connectivity index (χ2v) is 7.80. The first kappa shape index (κ1) is 24.1. The van der Waals surface area contributed by atoms with Crippen molar-refractivity contribution in [3.8, 4) is 0 Å². The number of carbonyl (C=O) groups excluding carboxylic acids is 2. The van der Waals surface area contributed by atoms with Crippen LogP contribution in [0.15, 0.2) is 42.5 Å². The second kappa shape index (κ2) is 11.3. The van der Waals surface area contributed by atoms with E-state index in [2.05, 4.69) is 10.6 Å². The van der Waals surface area contributed by atoms with Crippen molar-refractivity contribution >= 4 is 23.3 Å². The Morgan fingerprint density at radius 1 is 1.10 bits per heavy atom. The summed E-state index contributed by atoms with van der Waals surface area (Å²) in [6.07, 6.45) is 0. The van der Waals surface area contributed by atoms with E-state index >= 15 is 0 Å². The lowest BCUT2D eigenvalue weighted by molar-refractivity contribution is -0.136. The highest BCUT2D eigenvalue weighted by Gasteiger charge is 2.18. The number of methoxy groups -OCH3 is 1. The van der Waals surface area contributed by atoms with Crippen molar-refractivity contribution in [1.82, 2.24) is 10.2 Å². The monoisotopic (exact) mass is 430 g/mol. The minimum absolute atomic E-state index is 0.00828. The summed E-state index contributed by atoms with van der Waals surface area (Å²) in [5.41, 5.74) is 3.04. The van der Waals surface area contributed by atoms with Crippen LogP contribution >= 0.6 is 0 Å². The fourth-order valence-electron chi connectivity index (χ4n) is 3.16. The molecule has 3 amide bonds. The molecule has 2 N–H and O–H groups in total. The van der Waals surface area contributed by atoms with E-state index in [1.807, 2.05) is 51.0 Å². The minimum Gasteiger partial charge on any atom is -0.377 e. The predicted octanol–water partition coefficient (Wildman–Crippen LogP) is 3.60. The molecule has 0 bridgehead atoms. The van der Waals surface area contributed by atoms with E-state index in [1.54, 1.807) is 17.0 Å². The molecule has 2 aromatic rings. The maximum absolute atomic E-state index is 13.6. The van der Waals surface area contributed by atoms with Crippen molar-refractivity contribution in [3.05, 3.63) is 59.4 Å². The number of nitrogens with zero attached hydrogens (tertiary/aromatic N) is 2. The summed E-state index contributed by atoms with van der Waals surface area (Å²) in [6.45, 7) is 4.19. The standard InChI is InChI=1S/C23H31FN4O3/c1-16(2)25-23(30)26-20-9-10-21(27(3)4)18(12-20)14-28(22(29)15-31-5)13-17-7-6-8-19(24)11-17/h6-12,16H,13-15H2,1-5H3,(H2,25,26,30). The lowest BCUT2D eigenvalue weighted by Crippen LogP contribution is -2.34. The van der Waals surface area contributed by atoms with Gasteiger partial charge in [0.25, 0.3) is 0 Å². The van der Waals surface area contributed by atoms with Gasteiger partial charge < -0.3 is 25.2 Å². The molecule has 0 aliphatic carbocycles. The van der Waals surface area contributed by atoms with Crippen LogP contribution in [0.25, 0.3) is 0 Å². The van der Waals surface area contributed by atoms with Crippen molar-refractivity contribution in [1.29, 1.82) is 0 Å². The summed E-state index contributed by atoms with van der Waals surface area (Å²) in [7, 11) is 5.28. The Morgan fingerprint density at radius 2 is 1.84 bits per heavy atom. The summed E-state index contributed by atoms with van der Waals surface area (Å²) in [4.78, 5) is 28.4. The third-order valence-corrected chi connectivity index (χ3v) is 4.48. The van der Waals surface area contributed by atoms with Crippen LogP contribution in [0.1, 0.15) is 25.0 Å². The molecule has 168 valence electrons. The number of hydrogen-bond acceptors (Lipinski definition) is 4. The number of amides is 3. The van der Waals surface area contributed by atoms with E-state index in [4.69, 9.17) is 4.74 Å². The van der Waals surface area contributed by atoms with Crippen molar-refractivity contribution in [3.63, 3.8) is 0 Å².